The van der Waals surface area contributed by atoms with Crippen molar-refractivity contribution in [2.24, 2.45) is 0 Å². The highest BCUT2D eigenvalue weighted by atomic mass is 19.4. The Morgan fingerprint density at radius 3 is 2.56 bits per heavy atom. The molecule has 0 aliphatic heterocycles. The van der Waals surface area contributed by atoms with Gasteiger partial charge >= 0.3 is 6.18 Å². The summed E-state index contributed by atoms with van der Waals surface area (Å²) in [6, 6.07) is 3.48. The maximum absolute atomic E-state index is 12.7. The first-order valence-electron chi connectivity index (χ1n) is 5.16. The summed E-state index contributed by atoms with van der Waals surface area (Å²) < 4.78 is 42.7. The number of aliphatic hydroxyl groups excluding tert-OH is 2. The van der Waals surface area contributed by atoms with Crippen molar-refractivity contribution >= 4 is 5.69 Å². The fraction of sp³-hybridized carbons (Fsp3) is 0.455. The number of nitrogens with one attached hydrogen (secondary N) is 1. The molecular formula is C11H14F3NO3. The van der Waals surface area contributed by atoms with Gasteiger partial charge in [0.15, 0.2) is 0 Å². The first-order chi connectivity index (χ1) is 8.38. The summed E-state index contributed by atoms with van der Waals surface area (Å²) in [7, 11) is 1.16. The Morgan fingerprint density at radius 2 is 2.06 bits per heavy atom. The number of methoxy groups -OCH3 is 1. The summed E-state index contributed by atoms with van der Waals surface area (Å²) in [5.74, 6) is -0.268. The average Bonchev–Trinajstić information content (AvgIpc) is 2.34. The number of benzene rings is 1. The van der Waals surface area contributed by atoms with Crippen molar-refractivity contribution < 1.29 is 28.1 Å². The molecule has 1 aromatic rings. The molecule has 1 atom stereocenters. The Kier molecular flexibility index (Phi) is 4.80. The van der Waals surface area contributed by atoms with Gasteiger partial charge in [-0.1, -0.05) is 0 Å². The Hall–Kier alpha value is -1.47. The van der Waals surface area contributed by atoms with Crippen LogP contribution in [0.5, 0.6) is 5.75 Å². The van der Waals surface area contributed by atoms with Crippen molar-refractivity contribution in [3.63, 3.8) is 0 Å². The standard InChI is InChI=1S/C11H14F3NO3/c1-18-10-3-2-7(15-5-8(17)6-16)4-9(10)11(12,13)14/h2-4,8,15-17H,5-6H2,1H3. The number of anilines is 1. The monoisotopic (exact) mass is 265 g/mol. The number of aliphatic hydroxyl groups is 2. The van der Waals surface area contributed by atoms with E-state index in [0.717, 1.165) is 13.2 Å². The lowest BCUT2D eigenvalue weighted by Gasteiger charge is -2.15. The van der Waals surface area contributed by atoms with Crippen LogP contribution in [0.1, 0.15) is 5.56 Å². The molecule has 0 aromatic heterocycles. The number of hydrogen-bond acceptors (Lipinski definition) is 4. The third-order valence-corrected chi connectivity index (χ3v) is 2.26. The number of rotatable bonds is 5. The molecule has 1 rings (SSSR count). The lowest BCUT2D eigenvalue weighted by Crippen LogP contribution is -2.23. The first kappa shape index (κ1) is 14.6. The van der Waals surface area contributed by atoms with Crippen molar-refractivity contribution in [1.82, 2.24) is 0 Å². The Balaban J connectivity index is 2.90. The van der Waals surface area contributed by atoms with E-state index >= 15 is 0 Å². The molecule has 0 fully saturated rings. The number of hydrogen-bond donors (Lipinski definition) is 3. The zero-order valence-corrected chi connectivity index (χ0v) is 9.66. The fourth-order valence-corrected chi connectivity index (χ4v) is 1.34. The molecular weight excluding hydrogens is 251 g/mol. The minimum atomic E-state index is -4.52. The van der Waals surface area contributed by atoms with E-state index < -0.39 is 24.5 Å². The maximum Gasteiger partial charge on any atom is 0.420 e. The van der Waals surface area contributed by atoms with Gasteiger partial charge in [0.2, 0.25) is 0 Å². The molecule has 1 aromatic carbocycles. The van der Waals surface area contributed by atoms with Crippen LogP contribution in [0.4, 0.5) is 18.9 Å². The summed E-state index contributed by atoms with van der Waals surface area (Å²) in [6.45, 7) is -0.505. The molecule has 0 amide bonds. The number of halogens is 3. The normalized spacial score (nSPS) is 13.2. The highest BCUT2D eigenvalue weighted by Crippen LogP contribution is 2.37. The van der Waals surface area contributed by atoms with E-state index in [-0.39, 0.29) is 18.0 Å². The van der Waals surface area contributed by atoms with Gasteiger partial charge in [-0.05, 0) is 18.2 Å². The fourth-order valence-electron chi connectivity index (χ4n) is 1.34. The van der Waals surface area contributed by atoms with Gasteiger partial charge in [-0.3, -0.25) is 0 Å². The van der Waals surface area contributed by atoms with Crippen LogP contribution in [0.2, 0.25) is 0 Å². The van der Waals surface area contributed by atoms with Crippen LogP contribution < -0.4 is 10.1 Å². The van der Waals surface area contributed by atoms with E-state index in [4.69, 9.17) is 10.2 Å². The Morgan fingerprint density at radius 1 is 1.39 bits per heavy atom. The molecule has 7 heteroatoms. The molecule has 102 valence electrons. The second kappa shape index (κ2) is 5.92. The van der Waals surface area contributed by atoms with Gasteiger partial charge in [-0.2, -0.15) is 13.2 Å². The largest absolute Gasteiger partial charge is 0.496 e. The van der Waals surface area contributed by atoms with E-state index in [2.05, 4.69) is 10.1 Å². The quantitative estimate of drug-likeness (QED) is 0.754. The van der Waals surface area contributed by atoms with Crippen LogP contribution in [-0.4, -0.2) is 36.6 Å². The van der Waals surface area contributed by atoms with Crippen molar-refractivity contribution in [2.45, 2.75) is 12.3 Å². The van der Waals surface area contributed by atoms with Crippen molar-refractivity contribution in [1.29, 1.82) is 0 Å². The summed E-state index contributed by atoms with van der Waals surface area (Å²) >= 11 is 0. The van der Waals surface area contributed by atoms with Gasteiger partial charge in [-0.25, -0.2) is 0 Å². The van der Waals surface area contributed by atoms with E-state index in [0.29, 0.717) is 0 Å². The van der Waals surface area contributed by atoms with Crippen LogP contribution in [0.15, 0.2) is 18.2 Å². The molecule has 3 N–H and O–H groups in total. The van der Waals surface area contributed by atoms with Gasteiger partial charge in [0.1, 0.15) is 5.75 Å². The van der Waals surface area contributed by atoms with Gasteiger partial charge < -0.3 is 20.3 Å². The Labute approximate surface area is 102 Å². The predicted octanol–water partition coefficient (Wildman–Crippen LogP) is 1.48. The average molecular weight is 265 g/mol. The zero-order chi connectivity index (χ0) is 13.8. The topological polar surface area (TPSA) is 61.7 Å². The third-order valence-electron chi connectivity index (χ3n) is 2.26. The molecule has 0 saturated heterocycles. The number of ether oxygens (including phenoxy) is 1. The van der Waals surface area contributed by atoms with Crippen molar-refractivity contribution in [2.75, 3.05) is 25.6 Å². The van der Waals surface area contributed by atoms with Gasteiger partial charge in [0.05, 0.1) is 25.4 Å². The van der Waals surface area contributed by atoms with Crippen LogP contribution in [0.25, 0.3) is 0 Å². The summed E-state index contributed by atoms with van der Waals surface area (Å²) in [6.07, 6.45) is -5.54. The molecule has 0 bridgehead atoms. The van der Waals surface area contributed by atoms with Gasteiger partial charge in [0.25, 0.3) is 0 Å². The van der Waals surface area contributed by atoms with E-state index in [9.17, 15) is 13.2 Å². The SMILES string of the molecule is COc1ccc(NCC(O)CO)cc1C(F)(F)F. The lowest BCUT2D eigenvalue weighted by atomic mass is 10.1. The second-order valence-electron chi connectivity index (χ2n) is 3.63. The summed E-state index contributed by atoms with van der Waals surface area (Å²) in [4.78, 5) is 0. The van der Waals surface area contributed by atoms with Gasteiger partial charge in [-0.15, -0.1) is 0 Å². The highest BCUT2D eigenvalue weighted by Gasteiger charge is 2.34. The molecule has 0 aliphatic carbocycles. The second-order valence-corrected chi connectivity index (χ2v) is 3.63. The first-order valence-corrected chi connectivity index (χ1v) is 5.16. The lowest BCUT2D eigenvalue weighted by molar-refractivity contribution is -0.138. The third kappa shape index (κ3) is 3.78. The van der Waals surface area contributed by atoms with E-state index in [1.807, 2.05) is 0 Å². The Bertz CT molecular complexity index is 396. The smallest absolute Gasteiger partial charge is 0.420 e. The predicted molar refractivity (Wildman–Crippen MR) is 59.6 cm³/mol. The van der Waals surface area contributed by atoms with Crippen molar-refractivity contribution in [3.8, 4) is 5.75 Å². The minimum Gasteiger partial charge on any atom is -0.496 e. The van der Waals surface area contributed by atoms with E-state index in [1.165, 1.54) is 12.1 Å². The van der Waals surface area contributed by atoms with Crippen molar-refractivity contribution in [3.05, 3.63) is 23.8 Å². The molecule has 0 saturated carbocycles. The highest BCUT2D eigenvalue weighted by molar-refractivity contribution is 5.52. The molecule has 18 heavy (non-hydrogen) atoms. The molecule has 4 nitrogen and oxygen atoms in total. The van der Waals surface area contributed by atoms with Crippen LogP contribution in [-0.2, 0) is 6.18 Å². The summed E-state index contributed by atoms with van der Waals surface area (Å²) in [5, 5.41) is 20.3. The van der Waals surface area contributed by atoms with Gasteiger partial charge in [0, 0.05) is 12.2 Å². The molecule has 0 radical (unpaired) electrons. The van der Waals surface area contributed by atoms with Crippen LogP contribution in [0.3, 0.4) is 0 Å². The number of alkyl halides is 3. The summed E-state index contributed by atoms with van der Waals surface area (Å²) in [5.41, 5.74) is -0.705. The van der Waals surface area contributed by atoms with Crippen LogP contribution >= 0.6 is 0 Å². The van der Waals surface area contributed by atoms with E-state index in [1.54, 1.807) is 0 Å². The maximum atomic E-state index is 12.7. The molecule has 0 spiro atoms. The molecule has 1 unspecified atom stereocenters. The van der Waals surface area contributed by atoms with Crippen LogP contribution in [0, 0.1) is 0 Å². The molecule has 0 heterocycles. The molecule has 0 aliphatic rings. The zero-order valence-electron chi connectivity index (χ0n) is 9.66. The minimum absolute atomic E-state index is 0.0415.